The number of thiol groups is 2. The Hall–Kier alpha value is -0.710. The molecule has 0 atom stereocenters. The van der Waals surface area contributed by atoms with Gasteiger partial charge in [-0.05, 0) is 12.5 Å². The van der Waals surface area contributed by atoms with Crippen LogP contribution in [0.4, 0.5) is 0 Å². The predicted molar refractivity (Wildman–Crippen MR) is 73.2 cm³/mol. The van der Waals surface area contributed by atoms with E-state index in [0.29, 0.717) is 12.2 Å². The minimum absolute atomic E-state index is 0.0548. The van der Waals surface area contributed by atoms with Crippen LogP contribution in [-0.4, -0.2) is 19.5 Å². The maximum atomic E-state index is 11.1. The molecule has 0 saturated carbocycles. The van der Waals surface area contributed by atoms with E-state index in [1.54, 1.807) is 26.2 Å². The van der Waals surface area contributed by atoms with E-state index >= 15 is 0 Å². The molecule has 0 aliphatic carbocycles. The molecule has 0 aliphatic heterocycles. The normalized spacial score (nSPS) is 12.2. The number of hydrogen-bond acceptors (Lipinski definition) is 4. The topological polar surface area (TPSA) is 26.3 Å². The molecule has 0 amide bonds. The summed E-state index contributed by atoms with van der Waals surface area (Å²) in [7, 11) is 1.61. The summed E-state index contributed by atoms with van der Waals surface area (Å²) in [6, 6.07) is 7.26. The van der Waals surface area contributed by atoms with Crippen molar-refractivity contribution in [2.45, 2.75) is 6.92 Å². The van der Waals surface area contributed by atoms with Gasteiger partial charge in [0.2, 0.25) is 0 Å². The van der Waals surface area contributed by atoms with E-state index in [9.17, 15) is 4.79 Å². The van der Waals surface area contributed by atoms with E-state index in [1.165, 1.54) is 0 Å². The third-order valence-corrected chi connectivity index (χ3v) is 3.18. The monoisotopic (exact) mass is 254 g/mol. The molecule has 0 bridgehead atoms. The summed E-state index contributed by atoms with van der Waals surface area (Å²) in [5.41, 5.74) is 1.62. The molecule has 0 N–H and O–H groups in total. The van der Waals surface area contributed by atoms with E-state index in [4.69, 9.17) is 4.74 Å². The zero-order chi connectivity index (χ0) is 12.1. The lowest BCUT2D eigenvalue weighted by Crippen LogP contribution is -1.93. The zero-order valence-electron chi connectivity index (χ0n) is 9.23. The summed E-state index contributed by atoms with van der Waals surface area (Å²) in [5.74, 6) is 0.0548. The molecule has 1 rings (SSSR count). The molecule has 0 radical (unpaired) electrons. The van der Waals surface area contributed by atoms with Crippen molar-refractivity contribution in [1.82, 2.24) is 0 Å². The molecule has 86 valence electrons. The van der Waals surface area contributed by atoms with Gasteiger partial charge in [-0.15, -0.1) is 25.3 Å². The molecule has 4 heteroatoms. The van der Waals surface area contributed by atoms with Gasteiger partial charge in [0.05, 0.1) is 6.61 Å². The quantitative estimate of drug-likeness (QED) is 0.638. The van der Waals surface area contributed by atoms with Crippen LogP contribution in [0.1, 0.15) is 22.8 Å². The van der Waals surface area contributed by atoms with Crippen molar-refractivity contribution in [1.29, 1.82) is 0 Å². The van der Waals surface area contributed by atoms with Crippen LogP contribution < -0.4 is 0 Å². The average molecular weight is 254 g/mol. The Kier molecular flexibility index (Phi) is 5.12. The van der Waals surface area contributed by atoms with Crippen LogP contribution in [0.5, 0.6) is 0 Å². The fourth-order valence-corrected chi connectivity index (χ4v) is 1.71. The number of ketones is 1. The van der Waals surface area contributed by atoms with Crippen LogP contribution in [0.15, 0.2) is 29.2 Å². The van der Waals surface area contributed by atoms with Crippen molar-refractivity contribution in [2.75, 3.05) is 13.7 Å². The minimum Gasteiger partial charge on any atom is -0.379 e. The lowest BCUT2D eigenvalue weighted by molar-refractivity contribution is 0.101. The molecule has 1 aromatic carbocycles. The van der Waals surface area contributed by atoms with Gasteiger partial charge in [0.15, 0.2) is 5.78 Å². The average Bonchev–Trinajstić information content (AvgIpc) is 2.28. The number of carbonyl (C=O) groups is 1. The molecule has 0 saturated heterocycles. The molecular formula is C12H14O2S2. The van der Waals surface area contributed by atoms with E-state index in [0.717, 1.165) is 15.4 Å². The number of ether oxygens (including phenoxy) is 1. The van der Waals surface area contributed by atoms with Gasteiger partial charge in [0, 0.05) is 22.5 Å². The van der Waals surface area contributed by atoms with E-state index < -0.39 is 0 Å². The molecule has 2 nitrogen and oxygen atoms in total. The molecule has 0 spiro atoms. The lowest BCUT2D eigenvalue weighted by Gasteiger charge is -2.06. The largest absolute Gasteiger partial charge is 0.379 e. The Morgan fingerprint density at radius 3 is 2.12 bits per heavy atom. The highest BCUT2D eigenvalue weighted by Crippen LogP contribution is 2.25. The summed E-state index contributed by atoms with van der Waals surface area (Å²) in [4.78, 5) is 12.6. The van der Waals surface area contributed by atoms with Crippen LogP contribution in [0, 0.1) is 0 Å². The highest BCUT2D eigenvalue weighted by atomic mass is 32.1. The lowest BCUT2D eigenvalue weighted by atomic mass is 10.1. The Morgan fingerprint density at radius 1 is 1.19 bits per heavy atom. The molecule has 1 aromatic rings. The second kappa shape index (κ2) is 6.13. The highest BCUT2D eigenvalue weighted by Gasteiger charge is 2.04. The van der Waals surface area contributed by atoms with Crippen LogP contribution in [0.3, 0.4) is 0 Å². The first-order chi connectivity index (χ1) is 7.56. The number of hydrogen-bond donors (Lipinski definition) is 2. The van der Waals surface area contributed by atoms with Gasteiger partial charge in [-0.25, -0.2) is 0 Å². The minimum atomic E-state index is 0.0548. The molecule has 0 unspecified atom stereocenters. The maximum absolute atomic E-state index is 11.1. The Morgan fingerprint density at radius 2 is 1.69 bits per heavy atom. The second-order valence-corrected chi connectivity index (χ2v) is 4.35. The van der Waals surface area contributed by atoms with Crippen LogP contribution in [-0.2, 0) is 4.74 Å². The van der Waals surface area contributed by atoms with Gasteiger partial charge in [0.1, 0.15) is 0 Å². The van der Waals surface area contributed by atoms with Gasteiger partial charge in [-0.3, -0.25) is 4.79 Å². The maximum Gasteiger partial charge on any atom is 0.159 e. The van der Waals surface area contributed by atoms with Gasteiger partial charge in [-0.1, -0.05) is 24.3 Å². The Bertz CT molecular complexity index is 408. The van der Waals surface area contributed by atoms with Crippen molar-refractivity contribution in [3.8, 4) is 0 Å². The van der Waals surface area contributed by atoms with Crippen LogP contribution >= 0.6 is 25.3 Å². The fourth-order valence-electron chi connectivity index (χ4n) is 1.23. The van der Waals surface area contributed by atoms with Gasteiger partial charge < -0.3 is 4.74 Å². The number of rotatable bonds is 4. The molecule has 0 aliphatic rings. The van der Waals surface area contributed by atoms with Crippen molar-refractivity contribution >= 4 is 35.9 Å². The molecular weight excluding hydrogens is 240 g/mol. The number of carbonyl (C=O) groups excluding carboxylic acids is 1. The van der Waals surface area contributed by atoms with E-state index in [2.05, 4.69) is 25.3 Å². The van der Waals surface area contributed by atoms with E-state index in [1.807, 2.05) is 12.1 Å². The van der Waals surface area contributed by atoms with Gasteiger partial charge in [0.25, 0.3) is 0 Å². The summed E-state index contributed by atoms with van der Waals surface area (Å²) < 4.78 is 4.97. The van der Waals surface area contributed by atoms with Crippen molar-refractivity contribution in [2.24, 2.45) is 0 Å². The zero-order valence-corrected chi connectivity index (χ0v) is 11.0. The van der Waals surface area contributed by atoms with Crippen LogP contribution in [0.25, 0.3) is 4.91 Å². The third kappa shape index (κ3) is 3.40. The van der Waals surface area contributed by atoms with Gasteiger partial charge >= 0.3 is 0 Å². The number of methoxy groups -OCH3 is 1. The predicted octanol–water partition coefficient (Wildman–Crippen LogP) is 3.06. The first-order valence-corrected chi connectivity index (χ1v) is 5.67. The first kappa shape index (κ1) is 13.4. The molecule has 0 heterocycles. The standard InChI is InChI=1S/C12H14O2S2/c1-8(13)9-3-5-10(6-4-9)12(16)11(15)7-14-2/h3-6,15-16H,7H2,1-2H3. The Balaban J connectivity index is 2.97. The molecule has 0 aromatic heterocycles. The molecule has 16 heavy (non-hydrogen) atoms. The van der Waals surface area contributed by atoms with Crippen molar-refractivity contribution in [3.63, 3.8) is 0 Å². The number of benzene rings is 1. The Labute approximate surface area is 107 Å². The van der Waals surface area contributed by atoms with Crippen molar-refractivity contribution < 1.29 is 9.53 Å². The smallest absolute Gasteiger partial charge is 0.159 e. The first-order valence-electron chi connectivity index (χ1n) is 4.77. The van der Waals surface area contributed by atoms with Crippen molar-refractivity contribution in [3.05, 3.63) is 40.3 Å². The summed E-state index contributed by atoms with van der Waals surface area (Å²) >= 11 is 8.67. The SMILES string of the molecule is COCC(S)=C(S)c1ccc(C(C)=O)cc1. The summed E-state index contributed by atoms with van der Waals surface area (Å²) in [5, 5.41) is 0. The fraction of sp³-hybridized carbons (Fsp3) is 0.250. The van der Waals surface area contributed by atoms with Gasteiger partial charge in [-0.2, -0.15) is 0 Å². The van der Waals surface area contributed by atoms with E-state index in [-0.39, 0.29) is 5.78 Å². The third-order valence-electron chi connectivity index (χ3n) is 2.12. The summed E-state index contributed by atoms with van der Waals surface area (Å²) in [6.45, 7) is 1.97. The second-order valence-electron chi connectivity index (χ2n) is 3.36. The van der Waals surface area contributed by atoms with Crippen LogP contribution in [0.2, 0.25) is 0 Å². The highest BCUT2D eigenvalue weighted by molar-refractivity contribution is 7.93. The molecule has 0 fully saturated rings. The number of Topliss-reactive ketones (excluding diaryl/α,β-unsaturated/α-hetero) is 1. The summed E-state index contributed by atoms with van der Waals surface area (Å²) in [6.07, 6.45) is 0.